The van der Waals surface area contributed by atoms with E-state index in [1.807, 2.05) is 12.1 Å². The quantitative estimate of drug-likeness (QED) is 0.127. The molecular weight excluding hydrogens is 729 g/mol. The second-order valence-electron chi connectivity index (χ2n) is 20.2. The molecule has 0 radical (unpaired) electrons. The van der Waals surface area contributed by atoms with Crippen LogP contribution < -0.4 is 0 Å². The van der Waals surface area contributed by atoms with E-state index in [-0.39, 0.29) is 29.8 Å². The summed E-state index contributed by atoms with van der Waals surface area (Å²) in [5.41, 5.74) is 5.88. The topological polar surface area (TPSA) is 46.2 Å². The highest BCUT2D eigenvalue weighted by Crippen LogP contribution is 2.67. The Hall–Kier alpha value is -2.80. The lowest BCUT2D eigenvalue weighted by atomic mass is 9.47. The fourth-order valence-electron chi connectivity index (χ4n) is 12.9. The van der Waals surface area contributed by atoms with Crippen LogP contribution in [-0.2, 0) is 43.5 Å². The maximum absolute atomic E-state index is 7.07. The van der Waals surface area contributed by atoms with Gasteiger partial charge in [0.15, 0.2) is 6.29 Å². The summed E-state index contributed by atoms with van der Waals surface area (Å²) in [6.45, 7) is 14.6. The second kappa shape index (κ2) is 19.5. The number of benzene rings is 3. The Morgan fingerprint density at radius 2 is 1.37 bits per heavy atom. The Labute approximate surface area is 357 Å². The summed E-state index contributed by atoms with van der Waals surface area (Å²) in [5, 5.41) is 0. The largest absolute Gasteiger partial charge is 0.374 e. The fraction of sp³-hybridized carbons (Fsp3) is 0.630. The summed E-state index contributed by atoms with van der Waals surface area (Å²) in [6.07, 6.45) is 16.6. The van der Waals surface area contributed by atoms with E-state index >= 15 is 0 Å². The van der Waals surface area contributed by atoms with Crippen LogP contribution in [0.3, 0.4) is 0 Å². The van der Waals surface area contributed by atoms with E-state index in [0.717, 1.165) is 65.0 Å². The summed E-state index contributed by atoms with van der Waals surface area (Å²) in [6, 6.07) is 31.2. The first kappa shape index (κ1) is 42.9. The van der Waals surface area contributed by atoms with Gasteiger partial charge in [-0.3, -0.25) is 0 Å². The van der Waals surface area contributed by atoms with Crippen molar-refractivity contribution >= 4 is 0 Å². The van der Waals surface area contributed by atoms with Crippen molar-refractivity contribution in [2.75, 3.05) is 6.61 Å². The molecule has 3 aromatic rings. The smallest absolute Gasteiger partial charge is 0.161 e. The van der Waals surface area contributed by atoms with Crippen molar-refractivity contribution in [1.29, 1.82) is 0 Å². The maximum atomic E-state index is 7.07. The standard InChI is InChI=1S/C54H74O5/c1-38(2)16-15-17-39(3)46-26-27-47-45-25-24-43-32-44(28-30-53(43,4)48(45)29-31-54(46,47)5)58-51-33-49(56-35-41-20-11-7-12-21-41)52(57-36-42-22-13-8-14-23-42)50(59-51)37-55-34-40-18-9-6-10-19-40/h6-14,18-24,38-39,44-52H,15-17,25-37H2,1-5H3/t39-,44+,45+,46-,47+,48+,49-,50-,51?,52+,53+,54-/m1/s1. The van der Waals surface area contributed by atoms with Gasteiger partial charge in [-0.05, 0) is 114 Å². The van der Waals surface area contributed by atoms with Gasteiger partial charge < -0.3 is 23.7 Å². The van der Waals surface area contributed by atoms with E-state index in [1.54, 1.807) is 5.57 Å². The first-order chi connectivity index (χ1) is 28.7. The zero-order chi connectivity index (χ0) is 40.8. The average Bonchev–Trinajstić information content (AvgIpc) is 3.61. The molecule has 5 aliphatic rings. The summed E-state index contributed by atoms with van der Waals surface area (Å²) in [4.78, 5) is 0. The van der Waals surface area contributed by atoms with Crippen LogP contribution in [0.25, 0.3) is 0 Å². The van der Waals surface area contributed by atoms with Crippen molar-refractivity contribution in [2.24, 2.45) is 46.3 Å². The van der Waals surface area contributed by atoms with Crippen LogP contribution >= 0.6 is 0 Å². The van der Waals surface area contributed by atoms with Gasteiger partial charge in [0.2, 0.25) is 0 Å². The van der Waals surface area contributed by atoms with E-state index in [0.29, 0.717) is 38.3 Å². The van der Waals surface area contributed by atoms with E-state index in [9.17, 15) is 0 Å². The van der Waals surface area contributed by atoms with Crippen molar-refractivity contribution in [3.05, 3.63) is 119 Å². The molecule has 5 heteroatoms. The predicted molar refractivity (Wildman–Crippen MR) is 237 cm³/mol. The summed E-state index contributed by atoms with van der Waals surface area (Å²) in [7, 11) is 0. The molecule has 1 heterocycles. The molecule has 320 valence electrons. The normalized spacial score (nSPS) is 34.7. The van der Waals surface area contributed by atoms with Gasteiger partial charge in [0.25, 0.3) is 0 Å². The zero-order valence-corrected chi connectivity index (χ0v) is 36.9. The lowest BCUT2D eigenvalue weighted by molar-refractivity contribution is -0.290. The fourth-order valence-corrected chi connectivity index (χ4v) is 12.9. The molecule has 4 aliphatic carbocycles. The SMILES string of the molecule is CC(C)CCC[C@@H](C)[C@H]1CC[C@H]2[C@@H]3CC=C4C[C@@H](OC5C[C@@H](OCc6ccccc6)[C@H](OCc6ccccc6)[C@@H](COCc6ccccc6)O5)CC[C@]4(C)[C@H]3CC[C@]12C. The number of hydrogen-bond donors (Lipinski definition) is 0. The van der Waals surface area contributed by atoms with Gasteiger partial charge >= 0.3 is 0 Å². The van der Waals surface area contributed by atoms with Crippen LogP contribution in [-0.4, -0.2) is 37.3 Å². The summed E-state index contributed by atoms with van der Waals surface area (Å²) in [5.74, 6) is 5.08. The molecule has 0 N–H and O–H groups in total. The molecule has 8 rings (SSSR count). The highest BCUT2D eigenvalue weighted by Gasteiger charge is 2.59. The molecule has 1 saturated heterocycles. The third kappa shape index (κ3) is 9.97. The first-order valence-electron chi connectivity index (χ1n) is 23.6. The van der Waals surface area contributed by atoms with Crippen LogP contribution in [0.4, 0.5) is 0 Å². The van der Waals surface area contributed by atoms with Crippen LogP contribution in [0.1, 0.15) is 128 Å². The molecule has 1 aliphatic heterocycles. The van der Waals surface area contributed by atoms with Crippen LogP contribution in [0, 0.1) is 46.3 Å². The van der Waals surface area contributed by atoms with Gasteiger partial charge in [-0.1, -0.05) is 157 Å². The monoisotopic (exact) mass is 803 g/mol. The van der Waals surface area contributed by atoms with Crippen LogP contribution in [0.5, 0.6) is 0 Å². The molecule has 1 unspecified atom stereocenters. The van der Waals surface area contributed by atoms with Gasteiger partial charge in [0.05, 0.1) is 38.6 Å². The molecule has 4 fully saturated rings. The second-order valence-corrected chi connectivity index (χ2v) is 20.2. The van der Waals surface area contributed by atoms with Gasteiger partial charge in [-0.2, -0.15) is 0 Å². The predicted octanol–water partition coefficient (Wildman–Crippen LogP) is 12.9. The Kier molecular flexibility index (Phi) is 14.2. The van der Waals surface area contributed by atoms with Crippen molar-refractivity contribution in [2.45, 2.75) is 162 Å². The van der Waals surface area contributed by atoms with Crippen LogP contribution in [0.15, 0.2) is 103 Å². The van der Waals surface area contributed by atoms with Gasteiger partial charge in [0.1, 0.15) is 12.2 Å². The molecule has 0 bridgehead atoms. The van der Waals surface area contributed by atoms with Crippen molar-refractivity contribution in [3.63, 3.8) is 0 Å². The first-order valence-corrected chi connectivity index (χ1v) is 23.6. The molecule has 12 atom stereocenters. The average molecular weight is 803 g/mol. The minimum Gasteiger partial charge on any atom is -0.374 e. The molecule has 5 nitrogen and oxygen atoms in total. The number of rotatable bonds is 17. The molecule has 0 aromatic heterocycles. The number of ether oxygens (including phenoxy) is 5. The van der Waals surface area contributed by atoms with E-state index < -0.39 is 6.29 Å². The van der Waals surface area contributed by atoms with Crippen molar-refractivity contribution in [1.82, 2.24) is 0 Å². The molecular formula is C54H74O5. The Balaban J connectivity index is 0.949. The van der Waals surface area contributed by atoms with Gasteiger partial charge in [-0.15, -0.1) is 0 Å². The molecule has 3 aromatic carbocycles. The van der Waals surface area contributed by atoms with Crippen LogP contribution in [0.2, 0.25) is 0 Å². The molecule has 0 amide bonds. The summed E-state index contributed by atoms with van der Waals surface area (Å²) >= 11 is 0. The lowest BCUT2D eigenvalue weighted by Crippen LogP contribution is -2.54. The van der Waals surface area contributed by atoms with Gasteiger partial charge in [0, 0.05) is 6.42 Å². The van der Waals surface area contributed by atoms with E-state index in [1.165, 1.54) is 57.8 Å². The minimum absolute atomic E-state index is 0.134. The molecule has 59 heavy (non-hydrogen) atoms. The van der Waals surface area contributed by atoms with Crippen molar-refractivity contribution < 1.29 is 23.7 Å². The van der Waals surface area contributed by atoms with Crippen molar-refractivity contribution in [3.8, 4) is 0 Å². The number of fused-ring (bicyclic) bond motifs is 5. The third-order valence-electron chi connectivity index (χ3n) is 16.1. The number of allylic oxidation sites excluding steroid dienone is 1. The number of hydrogen-bond acceptors (Lipinski definition) is 5. The third-order valence-corrected chi connectivity index (χ3v) is 16.1. The van der Waals surface area contributed by atoms with Gasteiger partial charge in [-0.25, -0.2) is 0 Å². The maximum Gasteiger partial charge on any atom is 0.161 e. The minimum atomic E-state index is -0.391. The Morgan fingerprint density at radius 1 is 0.712 bits per heavy atom. The highest BCUT2D eigenvalue weighted by molar-refractivity contribution is 5.26. The zero-order valence-electron chi connectivity index (χ0n) is 36.9. The van der Waals surface area contributed by atoms with E-state index in [4.69, 9.17) is 23.7 Å². The molecule has 0 spiro atoms. The summed E-state index contributed by atoms with van der Waals surface area (Å²) < 4.78 is 33.9. The Bertz CT molecular complexity index is 1760. The molecule has 3 saturated carbocycles. The Morgan fingerprint density at radius 3 is 2.05 bits per heavy atom. The highest BCUT2D eigenvalue weighted by atomic mass is 16.7. The van der Waals surface area contributed by atoms with E-state index in [2.05, 4.69) is 120 Å². The lowest BCUT2D eigenvalue weighted by Gasteiger charge is -2.58.